The molecular formula is C27H23ClN2O4S. The summed E-state index contributed by atoms with van der Waals surface area (Å²) in [6.07, 6.45) is 0. The van der Waals surface area contributed by atoms with Gasteiger partial charge in [-0.3, -0.25) is 4.79 Å². The van der Waals surface area contributed by atoms with E-state index in [1.807, 2.05) is 54.6 Å². The van der Waals surface area contributed by atoms with Crippen molar-refractivity contribution < 1.29 is 19.0 Å². The average Bonchev–Trinajstić information content (AvgIpc) is 3.24. The van der Waals surface area contributed by atoms with E-state index in [0.29, 0.717) is 32.7 Å². The van der Waals surface area contributed by atoms with Crippen molar-refractivity contribution >= 4 is 38.9 Å². The van der Waals surface area contributed by atoms with E-state index in [1.54, 1.807) is 12.1 Å². The number of nitrogens with zero attached hydrogens (tertiary/aromatic N) is 2. The Morgan fingerprint density at radius 3 is 2.20 bits per heavy atom. The molecule has 8 heteroatoms. The van der Waals surface area contributed by atoms with Crippen LogP contribution >= 0.6 is 22.9 Å². The summed E-state index contributed by atoms with van der Waals surface area (Å²) in [6, 6.07) is 21.8. The Labute approximate surface area is 212 Å². The van der Waals surface area contributed by atoms with Gasteiger partial charge in [0.1, 0.15) is 10.9 Å². The fourth-order valence-electron chi connectivity index (χ4n) is 3.93. The van der Waals surface area contributed by atoms with Crippen molar-refractivity contribution in [3.8, 4) is 23.3 Å². The molecule has 0 fully saturated rings. The van der Waals surface area contributed by atoms with E-state index < -0.39 is 6.04 Å². The Morgan fingerprint density at radius 1 is 1.00 bits per heavy atom. The number of amides is 1. The Hall–Kier alpha value is -3.73. The molecule has 3 aromatic carbocycles. The number of benzene rings is 3. The number of thiophene rings is 1. The van der Waals surface area contributed by atoms with Crippen LogP contribution in [-0.4, -0.2) is 32.1 Å². The molecule has 0 aliphatic rings. The maximum absolute atomic E-state index is 14.0. The Bertz CT molecular complexity index is 1370. The predicted octanol–water partition coefficient (Wildman–Crippen LogP) is 6.49. The van der Waals surface area contributed by atoms with Crippen LogP contribution in [-0.2, 0) is 6.54 Å². The lowest BCUT2D eigenvalue weighted by Gasteiger charge is -2.28. The van der Waals surface area contributed by atoms with Crippen molar-refractivity contribution in [2.45, 2.75) is 12.6 Å². The van der Waals surface area contributed by atoms with Gasteiger partial charge in [0, 0.05) is 16.6 Å². The van der Waals surface area contributed by atoms with Crippen molar-refractivity contribution in [2.75, 3.05) is 21.3 Å². The molecule has 1 aromatic heterocycles. The van der Waals surface area contributed by atoms with Gasteiger partial charge in [-0.25, -0.2) is 0 Å². The molecule has 0 aliphatic heterocycles. The molecule has 0 N–H and O–H groups in total. The summed E-state index contributed by atoms with van der Waals surface area (Å²) in [5.74, 6) is 0.868. The molecular weight excluding hydrogens is 484 g/mol. The van der Waals surface area contributed by atoms with Crippen LogP contribution in [0, 0.1) is 11.3 Å². The molecule has 0 saturated heterocycles. The lowest BCUT2D eigenvalue weighted by atomic mass is 10.0. The molecule has 1 heterocycles. The molecule has 4 aromatic rings. The van der Waals surface area contributed by atoms with E-state index in [0.717, 1.165) is 15.6 Å². The van der Waals surface area contributed by atoms with Gasteiger partial charge in [-0.05, 0) is 29.3 Å². The average molecular weight is 507 g/mol. The minimum Gasteiger partial charge on any atom is -0.493 e. The third-order valence-corrected chi connectivity index (χ3v) is 7.29. The maximum atomic E-state index is 14.0. The number of hydrogen-bond acceptors (Lipinski definition) is 6. The zero-order valence-electron chi connectivity index (χ0n) is 19.4. The van der Waals surface area contributed by atoms with Crippen LogP contribution in [0.4, 0.5) is 0 Å². The van der Waals surface area contributed by atoms with Gasteiger partial charge in [-0.2, -0.15) is 5.26 Å². The molecule has 0 aliphatic carbocycles. The normalized spacial score (nSPS) is 11.5. The van der Waals surface area contributed by atoms with E-state index in [-0.39, 0.29) is 12.5 Å². The number of carbonyl (C=O) groups is 1. The standard InChI is InChI=1S/C27H23ClN2O4S/c1-32-21-13-18(14-22(33-2)25(21)34-3)20(15-29)30(16-17-9-5-4-6-10-17)27(31)26-24(28)19-11-7-8-12-23(19)35-26/h4-14,20H,16H2,1-3H3/t20-/m1/s1. The van der Waals surface area contributed by atoms with Gasteiger partial charge in [0.2, 0.25) is 5.75 Å². The molecule has 0 bridgehead atoms. The summed E-state index contributed by atoms with van der Waals surface area (Å²) in [5, 5.41) is 11.5. The third kappa shape index (κ3) is 4.76. The number of methoxy groups -OCH3 is 3. The van der Waals surface area contributed by atoms with Crippen molar-refractivity contribution in [3.05, 3.63) is 87.8 Å². The quantitative estimate of drug-likeness (QED) is 0.273. The van der Waals surface area contributed by atoms with E-state index in [9.17, 15) is 10.1 Å². The topological polar surface area (TPSA) is 71.8 Å². The second-order valence-electron chi connectivity index (χ2n) is 7.65. The smallest absolute Gasteiger partial charge is 0.267 e. The van der Waals surface area contributed by atoms with Crippen molar-refractivity contribution in [1.82, 2.24) is 4.90 Å². The summed E-state index contributed by atoms with van der Waals surface area (Å²) < 4.78 is 17.3. The zero-order valence-corrected chi connectivity index (χ0v) is 21.0. The molecule has 6 nitrogen and oxygen atoms in total. The highest BCUT2D eigenvalue weighted by atomic mass is 35.5. The first-order valence-corrected chi connectivity index (χ1v) is 11.9. The fourth-order valence-corrected chi connectivity index (χ4v) is 5.39. The molecule has 0 spiro atoms. The molecule has 178 valence electrons. The summed E-state index contributed by atoms with van der Waals surface area (Å²) in [6.45, 7) is 0.207. The molecule has 35 heavy (non-hydrogen) atoms. The molecule has 1 atom stereocenters. The molecule has 0 unspecified atom stereocenters. The highest BCUT2D eigenvalue weighted by Gasteiger charge is 2.31. The van der Waals surface area contributed by atoms with Crippen molar-refractivity contribution in [3.63, 3.8) is 0 Å². The minimum absolute atomic E-state index is 0.207. The van der Waals surface area contributed by atoms with Gasteiger partial charge in [0.05, 0.1) is 32.4 Å². The fraction of sp³-hybridized carbons (Fsp3) is 0.185. The van der Waals surface area contributed by atoms with Crippen molar-refractivity contribution in [2.24, 2.45) is 0 Å². The second-order valence-corrected chi connectivity index (χ2v) is 9.08. The van der Waals surface area contributed by atoms with Crippen LogP contribution in [0.2, 0.25) is 5.02 Å². The Morgan fingerprint density at radius 2 is 1.63 bits per heavy atom. The first-order chi connectivity index (χ1) is 17.0. The van der Waals surface area contributed by atoms with Crippen LogP contribution in [0.5, 0.6) is 17.2 Å². The maximum Gasteiger partial charge on any atom is 0.267 e. The number of ether oxygens (including phenoxy) is 3. The number of halogens is 1. The monoisotopic (exact) mass is 506 g/mol. The van der Waals surface area contributed by atoms with Gasteiger partial charge in [-0.1, -0.05) is 60.1 Å². The van der Waals surface area contributed by atoms with Gasteiger partial charge in [0.25, 0.3) is 5.91 Å². The lowest BCUT2D eigenvalue weighted by Crippen LogP contribution is -2.33. The van der Waals surface area contributed by atoms with E-state index in [2.05, 4.69) is 6.07 Å². The van der Waals surface area contributed by atoms with Gasteiger partial charge >= 0.3 is 0 Å². The number of fused-ring (bicyclic) bond motifs is 1. The molecule has 0 saturated carbocycles. The highest BCUT2D eigenvalue weighted by molar-refractivity contribution is 7.21. The summed E-state index contributed by atoms with van der Waals surface area (Å²) in [4.78, 5) is 15.9. The van der Waals surface area contributed by atoms with Crippen molar-refractivity contribution in [1.29, 1.82) is 5.26 Å². The number of rotatable bonds is 8. The first-order valence-electron chi connectivity index (χ1n) is 10.7. The Balaban J connectivity index is 1.85. The molecule has 0 radical (unpaired) electrons. The highest BCUT2D eigenvalue weighted by Crippen LogP contribution is 2.42. The van der Waals surface area contributed by atoms with E-state index >= 15 is 0 Å². The van der Waals surface area contributed by atoms with E-state index in [4.69, 9.17) is 25.8 Å². The third-order valence-electron chi connectivity index (χ3n) is 5.62. The zero-order chi connectivity index (χ0) is 24.9. The second kappa shape index (κ2) is 10.7. The van der Waals surface area contributed by atoms with Crippen LogP contribution < -0.4 is 14.2 Å². The summed E-state index contributed by atoms with van der Waals surface area (Å²) >= 11 is 7.96. The summed E-state index contributed by atoms with van der Waals surface area (Å²) in [5.41, 5.74) is 1.41. The van der Waals surface area contributed by atoms with Crippen LogP contribution in [0.15, 0.2) is 66.7 Å². The first kappa shape index (κ1) is 24.4. The van der Waals surface area contributed by atoms with Gasteiger partial charge in [0.15, 0.2) is 11.5 Å². The Kier molecular flexibility index (Phi) is 7.45. The van der Waals surface area contributed by atoms with Crippen LogP contribution in [0.1, 0.15) is 26.8 Å². The lowest BCUT2D eigenvalue weighted by molar-refractivity contribution is 0.0706. The van der Waals surface area contributed by atoms with E-state index in [1.165, 1.54) is 37.6 Å². The minimum atomic E-state index is -0.947. The number of nitriles is 1. The predicted molar refractivity (Wildman–Crippen MR) is 138 cm³/mol. The largest absolute Gasteiger partial charge is 0.493 e. The molecule has 1 amide bonds. The number of hydrogen-bond donors (Lipinski definition) is 0. The van der Waals surface area contributed by atoms with Gasteiger partial charge < -0.3 is 19.1 Å². The number of carbonyl (C=O) groups excluding carboxylic acids is 1. The summed E-state index contributed by atoms with van der Waals surface area (Å²) in [7, 11) is 4.52. The molecule has 4 rings (SSSR count). The van der Waals surface area contributed by atoms with Crippen LogP contribution in [0.3, 0.4) is 0 Å². The van der Waals surface area contributed by atoms with Crippen LogP contribution in [0.25, 0.3) is 10.1 Å². The van der Waals surface area contributed by atoms with Gasteiger partial charge in [-0.15, -0.1) is 11.3 Å². The SMILES string of the molecule is COc1cc([C@@H](C#N)N(Cc2ccccc2)C(=O)c2sc3ccccc3c2Cl)cc(OC)c1OC.